The number of hydrogen-bond donors (Lipinski definition) is 2. The first kappa shape index (κ1) is 26.3. The lowest BCUT2D eigenvalue weighted by Gasteiger charge is -2.34. The molecule has 4 aliphatic rings. The van der Waals surface area contributed by atoms with Gasteiger partial charge in [0.05, 0.1) is 15.9 Å². The smallest absolute Gasteiger partial charge is 0.319 e. The molecule has 0 unspecified atom stereocenters. The summed E-state index contributed by atoms with van der Waals surface area (Å²) in [6.45, 7) is 4.09. The van der Waals surface area contributed by atoms with Crippen molar-refractivity contribution in [3.63, 3.8) is 0 Å². The predicted molar refractivity (Wildman–Crippen MR) is 157 cm³/mol. The molecule has 4 saturated heterocycles. The van der Waals surface area contributed by atoms with Crippen molar-refractivity contribution < 1.29 is 18.6 Å². The average molecular weight is 593 g/mol. The molecular formula is C31H31ClF2N6O2. The summed E-state index contributed by atoms with van der Waals surface area (Å²) in [5, 5.41) is 15.1. The number of fused-ring (bicyclic) bond motifs is 5. The fraction of sp³-hybridized carbons (Fsp3) is 0.452. The lowest BCUT2D eigenvalue weighted by atomic mass is 9.95. The van der Waals surface area contributed by atoms with Gasteiger partial charge in [-0.3, -0.25) is 9.88 Å². The lowest BCUT2D eigenvalue weighted by molar-refractivity contribution is 0.108. The van der Waals surface area contributed by atoms with E-state index in [1.165, 1.54) is 24.3 Å². The number of rotatable bonds is 5. The van der Waals surface area contributed by atoms with Crippen LogP contribution in [0.15, 0.2) is 30.5 Å². The predicted octanol–water partition coefficient (Wildman–Crippen LogP) is 5.43. The second-order valence-corrected chi connectivity index (χ2v) is 12.6. The fourth-order valence-corrected chi connectivity index (χ4v) is 7.99. The van der Waals surface area contributed by atoms with E-state index in [-0.39, 0.29) is 44.5 Å². The number of phenolic OH excluding ortho intramolecular Hbond substituents is 1. The minimum absolute atomic E-state index is 0.0180. The highest BCUT2D eigenvalue weighted by atomic mass is 35.5. The normalized spacial score (nSPS) is 23.3. The van der Waals surface area contributed by atoms with Crippen LogP contribution in [0.4, 0.5) is 14.6 Å². The topological polar surface area (TPSA) is 86.6 Å². The minimum Gasteiger partial charge on any atom is -0.508 e. The summed E-state index contributed by atoms with van der Waals surface area (Å²) < 4.78 is 37.5. The van der Waals surface area contributed by atoms with E-state index < -0.39 is 11.6 Å². The van der Waals surface area contributed by atoms with Crippen LogP contribution in [0.25, 0.3) is 32.9 Å². The van der Waals surface area contributed by atoms with Crippen LogP contribution in [0.3, 0.4) is 0 Å². The Labute approximate surface area is 246 Å². The van der Waals surface area contributed by atoms with Crippen LogP contribution < -0.4 is 15.0 Å². The van der Waals surface area contributed by atoms with E-state index in [2.05, 4.69) is 25.1 Å². The zero-order valence-electron chi connectivity index (χ0n) is 23.0. The number of nitrogens with one attached hydrogen (secondary N) is 1. The van der Waals surface area contributed by atoms with Gasteiger partial charge < -0.3 is 20.1 Å². The number of nitrogens with zero attached hydrogens (tertiary/aromatic N) is 5. The summed E-state index contributed by atoms with van der Waals surface area (Å²) in [5.74, 6) is -0.850. The molecule has 6 heterocycles. The molecule has 8 rings (SSSR count). The Balaban J connectivity index is 1.27. The number of piperazine rings is 1. The third-order valence-electron chi connectivity index (χ3n) is 9.69. The highest BCUT2D eigenvalue weighted by molar-refractivity contribution is 6.37. The third-order valence-corrected chi connectivity index (χ3v) is 10.1. The number of anilines is 1. The van der Waals surface area contributed by atoms with Gasteiger partial charge in [0.25, 0.3) is 0 Å². The largest absolute Gasteiger partial charge is 0.508 e. The first-order valence-electron chi connectivity index (χ1n) is 14.7. The molecule has 2 aromatic heterocycles. The summed E-state index contributed by atoms with van der Waals surface area (Å²) in [4.78, 5) is 18.6. The van der Waals surface area contributed by atoms with Crippen LogP contribution in [0.5, 0.6) is 11.8 Å². The van der Waals surface area contributed by atoms with Gasteiger partial charge in [0.1, 0.15) is 35.2 Å². The highest BCUT2D eigenvalue weighted by Crippen LogP contribution is 2.42. The zero-order chi connectivity index (χ0) is 28.6. The Hall–Kier alpha value is -3.34. The number of ether oxygens (including phenoxy) is 1. The molecule has 4 fully saturated rings. The van der Waals surface area contributed by atoms with Gasteiger partial charge in [-0.15, -0.1) is 0 Å². The van der Waals surface area contributed by atoms with Gasteiger partial charge in [-0.2, -0.15) is 9.97 Å². The van der Waals surface area contributed by atoms with Gasteiger partial charge in [-0.1, -0.05) is 17.7 Å². The number of pyridine rings is 1. The van der Waals surface area contributed by atoms with Crippen LogP contribution in [0, 0.1) is 11.6 Å². The Kier molecular flexibility index (Phi) is 6.17. The molecular weight excluding hydrogens is 562 g/mol. The molecule has 42 heavy (non-hydrogen) atoms. The molecule has 0 aliphatic carbocycles. The van der Waals surface area contributed by atoms with Gasteiger partial charge in [-0.25, -0.2) is 8.78 Å². The standard InChI is InChI=1S/C31H31ClF2N6O2/c32-25-23(33)6-3-17-11-20(41)12-21(24(17)25)27-26(34)28-22(13-35-27)29(39-14-18-4-5-19(15-39)36-18)38-30(37-28)42-16-31-7-1-9-40(31)10-2-8-31/h3,6,11-13,18-19,36,41H,1-2,4-5,7-10,14-16H2/t18-,19+. The number of halogens is 3. The van der Waals surface area contributed by atoms with Gasteiger partial charge in [0, 0.05) is 42.3 Å². The maximum atomic E-state index is 16.6. The number of aromatic hydroxyl groups is 1. The summed E-state index contributed by atoms with van der Waals surface area (Å²) in [6.07, 6.45) is 8.16. The van der Waals surface area contributed by atoms with Crippen LogP contribution in [-0.2, 0) is 0 Å². The number of hydrogen-bond acceptors (Lipinski definition) is 8. The second kappa shape index (κ2) is 9.86. The first-order chi connectivity index (χ1) is 20.4. The van der Waals surface area contributed by atoms with Crippen molar-refractivity contribution >= 4 is 39.1 Å². The molecule has 4 aliphatic heterocycles. The molecule has 0 spiro atoms. The van der Waals surface area contributed by atoms with E-state index in [9.17, 15) is 9.50 Å². The van der Waals surface area contributed by atoms with Crippen LogP contribution in [0.2, 0.25) is 5.02 Å². The van der Waals surface area contributed by atoms with Crippen LogP contribution in [-0.4, -0.2) is 75.4 Å². The third kappa shape index (κ3) is 4.18. The zero-order valence-corrected chi connectivity index (χ0v) is 23.8. The van der Waals surface area contributed by atoms with Crippen molar-refractivity contribution in [1.82, 2.24) is 25.2 Å². The SMILES string of the molecule is Oc1cc(-c2ncc3c(N4C[C@H]5CC[C@@H](C4)N5)nc(OCC45CCCN4CCC5)nc3c2F)c2c(Cl)c(F)ccc2c1. The van der Waals surface area contributed by atoms with Crippen molar-refractivity contribution in [2.24, 2.45) is 0 Å². The lowest BCUT2D eigenvalue weighted by Crippen LogP contribution is -2.51. The van der Waals surface area contributed by atoms with Crippen molar-refractivity contribution in [3.8, 4) is 23.0 Å². The number of phenols is 1. The van der Waals surface area contributed by atoms with E-state index in [0.29, 0.717) is 35.3 Å². The molecule has 4 aromatic rings. The van der Waals surface area contributed by atoms with Crippen molar-refractivity contribution in [2.75, 3.05) is 37.7 Å². The fourth-order valence-electron chi connectivity index (χ4n) is 7.71. The van der Waals surface area contributed by atoms with E-state index >= 15 is 4.39 Å². The van der Waals surface area contributed by atoms with E-state index in [0.717, 1.165) is 64.7 Å². The van der Waals surface area contributed by atoms with E-state index in [4.69, 9.17) is 21.3 Å². The molecule has 218 valence electrons. The maximum absolute atomic E-state index is 16.6. The molecule has 2 N–H and O–H groups in total. The van der Waals surface area contributed by atoms with Crippen LogP contribution in [0.1, 0.15) is 38.5 Å². The van der Waals surface area contributed by atoms with E-state index in [1.807, 2.05) is 0 Å². The number of benzene rings is 2. The molecule has 8 nitrogen and oxygen atoms in total. The maximum Gasteiger partial charge on any atom is 0.319 e. The van der Waals surface area contributed by atoms with Crippen molar-refractivity contribution in [3.05, 3.63) is 47.1 Å². The Morgan fingerprint density at radius 3 is 2.60 bits per heavy atom. The Morgan fingerprint density at radius 1 is 1.07 bits per heavy atom. The molecule has 0 amide bonds. The summed E-state index contributed by atoms with van der Waals surface area (Å²) >= 11 is 6.37. The summed E-state index contributed by atoms with van der Waals surface area (Å²) in [7, 11) is 0. The monoisotopic (exact) mass is 592 g/mol. The summed E-state index contributed by atoms with van der Waals surface area (Å²) in [5.41, 5.74) is 0.157. The first-order valence-corrected chi connectivity index (χ1v) is 15.1. The second-order valence-electron chi connectivity index (χ2n) is 12.2. The van der Waals surface area contributed by atoms with Crippen LogP contribution >= 0.6 is 11.6 Å². The van der Waals surface area contributed by atoms with Crippen molar-refractivity contribution in [2.45, 2.75) is 56.1 Å². The van der Waals surface area contributed by atoms with E-state index in [1.54, 1.807) is 6.20 Å². The molecule has 0 radical (unpaired) electrons. The quantitative estimate of drug-likeness (QED) is 0.317. The van der Waals surface area contributed by atoms with Gasteiger partial charge in [0.15, 0.2) is 5.82 Å². The molecule has 0 saturated carbocycles. The summed E-state index contributed by atoms with van der Waals surface area (Å²) in [6, 6.07) is 6.35. The molecule has 2 bridgehead atoms. The molecule has 2 aromatic carbocycles. The average Bonchev–Trinajstić information content (AvgIpc) is 3.67. The Morgan fingerprint density at radius 2 is 1.83 bits per heavy atom. The molecule has 11 heteroatoms. The van der Waals surface area contributed by atoms with Crippen molar-refractivity contribution in [1.29, 1.82) is 0 Å². The number of aromatic nitrogens is 3. The van der Waals surface area contributed by atoms with Gasteiger partial charge >= 0.3 is 6.01 Å². The minimum atomic E-state index is -0.701. The van der Waals surface area contributed by atoms with Gasteiger partial charge in [0.2, 0.25) is 0 Å². The highest BCUT2D eigenvalue weighted by Gasteiger charge is 2.45. The Bertz CT molecular complexity index is 1720. The van der Waals surface area contributed by atoms with Gasteiger partial charge in [-0.05, 0) is 75.2 Å². The molecule has 2 atom stereocenters.